The van der Waals surface area contributed by atoms with Gasteiger partial charge in [0.2, 0.25) is 0 Å². The van der Waals surface area contributed by atoms with Crippen LogP contribution in [-0.4, -0.2) is 27.8 Å². The number of aliphatic hydroxyl groups excluding tert-OH is 1. The minimum absolute atomic E-state index is 0.0304. The Bertz CT molecular complexity index is 1180. The first kappa shape index (κ1) is 19.2. The Kier molecular flexibility index (Phi) is 4.62. The summed E-state index contributed by atoms with van der Waals surface area (Å²) in [6.07, 6.45) is 2.28. The van der Waals surface area contributed by atoms with Crippen molar-refractivity contribution in [1.29, 1.82) is 0 Å². The van der Waals surface area contributed by atoms with Crippen LogP contribution in [0.5, 0.6) is 5.75 Å². The van der Waals surface area contributed by atoms with Gasteiger partial charge in [0.15, 0.2) is 0 Å². The van der Waals surface area contributed by atoms with Gasteiger partial charge in [-0.15, -0.1) is 0 Å². The van der Waals surface area contributed by atoms with Crippen molar-refractivity contribution in [3.05, 3.63) is 95.0 Å². The maximum absolute atomic E-state index is 13.0. The van der Waals surface area contributed by atoms with Gasteiger partial charge in [0, 0.05) is 18.5 Å². The van der Waals surface area contributed by atoms with Crippen LogP contribution in [0, 0.1) is 0 Å². The van der Waals surface area contributed by atoms with E-state index < -0.39 is 17.7 Å². The molecule has 0 spiro atoms. The number of likely N-dealkylation sites (tertiary alicyclic amines) is 1. The lowest BCUT2D eigenvalue weighted by molar-refractivity contribution is -0.140. The second kappa shape index (κ2) is 7.47. The second-order valence-corrected chi connectivity index (χ2v) is 7.88. The number of hydrogen-bond acceptors (Lipinski definition) is 5. The smallest absolute Gasteiger partial charge is 0.296 e. The number of fused-ring (bicyclic) bond motifs is 1. The molecule has 5 rings (SSSR count). The highest BCUT2D eigenvalue weighted by atomic mass is 16.5. The van der Waals surface area contributed by atoms with Crippen molar-refractivity contribution in [1.82, 2.24) is 4.90 Å². The number of ether oxygens (including phenoxy) is 1. The van der Waals surface area contributed by atoms with Crippen molar-refractivity contribution in [3.8, 4) is 5.75 Å². The average molecular weight is 415 g/mol. The number of Topliss-reactive ketones (excluding diaryl/α,β-unsaturated/α-hetero) is 1. The molecule has 3 aromatic rings. The van der Waals surface area contributed by atoms with E-state index in [1.165, 1.54) is 11.2 Å². The third-order valence-corrected chi connectivity index (χ3v) is 5.72. The van der Waals surface area contributed by atoms with Crippen LogP contribution in [0.4, 0.5) is 0 Å². The Balaban J connectivity index is 1.60. The lowest BCUT2D eigenvalue weighted by atomic mass is 9.97. The van der Waals surface area contributed by atoms with Crippen LogP contribution in [0.15, 0.2) is 76.9 Å². The van der Waals surface area contributed by atoms with E-state index in [0.717, 1.165) is 23.3 Å². The van der Waals surface area contributed by atoms with Gasteiger partial charge in [0.05, 0.1) is 11.8 Å². The molecule has 156 valence electrons. The van der Waals surface area contributed by atoms with Gasteiger partial charge in [0.1, 0.15) is 29.4 Å². The summed E-state index contributed by atoms with van der Waals surface area (Å²) in [6.45, 7) is 2.20. The molecule has 31 heavy (non-hydrogen) atoms. The Morgan fingerprint density at radius 1 is 1.10 bits per heavy atom. The second-order valence-electron chi connectivity index (χ2n) is 7.88. The highest BCUT2D eigenvalue weighted by molar-refractivity contribution is 6.46. The fourth-order valence-electron chi connectivity index (χ4n) is 4.29. The molecule has 1 N–H and O–H groups in total. The molecule has 1 fully saturated rings. The molecule has 3 heterocycles. The van der Waals surface area contributed by atoms with Gasteiger partial charge in [-0.25, -0.2) is 0 Å². The summed E-state index contributed by atoms with van der Waals surface area (Å²) >= 11 is 0. The third-order valence-electron chi connectivity index (χ3n) is 5.72. The van der Waals surface area contributed by atoms with Crippen LogP contribution in [0.25, 0.3) is 5.76 Å². The number of amides is 1. The van der Waals surface area contributed by atoms with E-state index in [1.54, 1.807) is 24.3 Å². The van der Waals surface area contributed by atoms with Crippen molar-refractivity contribution in [2.75, 3.05) is 0 Å². The van der Waals surface area contributed by atoms with Gasteiger partial charge in [-0.1, -0.05) is 30.3 Å². The van der Waals surface area contributed by atoms with E-state index >= 15 is 0 Å². The molecule has 2 aliphatic rings. The Hall–Kier alpha value is -3.80. The Morgan fingerprint density at radius 3 is 2.65 bits per heavy atom. The molecule has 0 aliphatic carbocycles. The molecule has 2 aromatic carbocycles. The normalized spacial score (nSPS) is 21.9. The van der Waals surface area contributed by atoms with Crippen LogP contribution in [0.2, 0.25) is 0 Å². The van der Waals surface area contributed by atoms with Crippen molar-refractivity contribution in [3.63, 3.8) is 0 Å². The lowest BCUT2D eigenvalue weighted by Gasteiger charge is -2.23. The number of aliphatic hydroxyl groups is 1. The largest absolute Gasteiger partial charge is 0.507 e. The monoisotopic (exact) mass is 415 g/mol. The van der Waals surface area contributed by atoms with Crippen molar-refractivity contribution < 1.29 is 23.8 Å². The van der Waals surface area contributed by atoms with E-state index in [2.05, 4.69) is 0 Å². The van der Waals surface area contributed by atoms with E-state index in [0.29, 0.717) is 11.3 Å². The van der Waals surface area contributed by atoms with E-state index in [4.69, 9.17) is 9.15 Å². The fourth-order valence-corrected chi connectivity index (χ4v) is 4.29. The van der Waals surface area contributed by atoms with Crippen LogP contribution >= 0.6 is 0 Å². The van der Waals surface area contributed by atoms with Crippen molar-refractivity contribution in [2.24, 2.45) is 0 Å². The van der Waals surface area contributed by atoms with E-state index in [1.807, 2.05) is 43.3 Å². The summed E-state index contributed by atoms with van der Waals surface area (Å²) in [5.41, 5.74) is 2.35. The van der Waals surface area contributed by atoms with Crippen LogP contribution in [0.3, 0.4) is 0 Å². The first-order valence-electron chi connectivity index (χ1n) is 10.2. The van der Waals surface area contributed by atoms with Crippen molar-refractivity contribution in [2.45, 2.75) is 32.0 Å². The number of ketones is 1. The van der Waals surface area contributed by atoms with Crippen LogP contribution in [0.1, 0.15) is 35.4 Å². The first-order chi connectivity index (χ1) is 15.0. The van der Waals surface area contributed by atoms with Crippen LogP contribution in [-0.2, 0) is 22.6 Å². The van der Waals surface area contributed by atoms with Gasteiger partial charge in [-0.05, 0) is 48.4 Å². The molecule has 1 aromatic heterocycles. The molecular weight excluding hydrogens is 394 g/mol. The van der Waals surface area contributed by atoms with E-state index in [9.17, 15) is 14.7 Å². The molecule has 0 saturated carbocycles. The maximum Gasteiger partial charge on any atom is 0.296 e. The topological polar surface area (TPSA) is 80.0 Å². The zero-order valence-electron chi connectivity index (χ0n) is 16.9. The molecular formula is C25H21NO5. The van der Waals surface area contributed by atoms with Gasteiger partial charge in [-0.3, -0.25) is 9.59 Å². The standard InChI is InChI=1S/C25H21NO5/c1-15-12-18-13-17(9-10-19(18)31-15)23(27)21-22(20-8-5-11-30-20)26(25(29)24(21)28)14-16-6-3-2-4-7-16/h2-11,13,15,22,27H,12,14H2,1H3/b23-21+/t15-,22+/m0/s1. The summed E-state index contributed by atoms with van der Waals surface area (Å²) in [5, 5.41) is 11.2. The molecule has 6 heteroatoms. The predicted molar refractivity (Wildman–Crippen MR) is 113 cm³/mol. The summed E-state index contributed by atoms with van der Waals surface area (Å²) in [5.74, 6) is -0.395. The minimum Gasteiger partial charge on any atom is -0.507 e. The van der Waals surface area contributed by atoms with Gasteiger partial charge >= 0.3 is 0 Å². The Labute approximate surface area is 179 Å². The Morgan fingerprint density at radius 2 is 1.90 bits per heavy atom. The zero-order chi connectivity index (χ0) is 21.5. The summed E-state index contributed by atoms with van der Waals surface area (Å²) in [6, 6.07) is 17.3. The molecule has 1 saturated heterocycles. The number of furan rings is 1. The average Bonchev–Trinajstić information content (AvgIpc) is 3.48. The molecule has 6 nitrogen and oxygen atoms in total. The molecule has 0 bridgehead atoms. The third kappa shape index (κ3) is 3.30. The number of carbonyl (C=O) groups excluding carboxylic acids is 2. The molecule has 2 aliphatic heterocycles. The highest BCUT2D eigenvalue weighted by Gasteiger charge is 2.47. The molecule has 0 radical (unpaired) electrons. The summed E-state index contributed by atoms with van der Waals surface area (Å²) in [4.78, 5) is 27.4. The molecule has 1 amide bonds. The fraction of sp³-hybridized carbons (Fsp3) is 0.200. The number of carbonyl (C=O) groups is 2. The van der Waals surface area contributed by atoms with Crippen LogP contribution < -0.4 is 4.74 Å². The maximum atomic E-state index is 13.0. The summed E-state index contributed by atoms with van der Waals surface area (Å²) < 4.78 is 11.3. The van der Waals surface area contributed by atoms with Gasteiger partial charge in [-0.2, -0.15) is 0 Å². The molecule has 0 unspecified atom stereocenters. The number of nitrogens with zero attached hydrogens (tertiary/aromatic N) is 1. The predicted octanol–water partition coefficient (Wildman–Crippen LogP) is 4.22. The quantitative estimate of drug-likeness (QED) is 0.392. The zero-order valence-corrected chi connectivity index (χ0v) is 16.9. The number of benzene rings is 2. The van der Waals surface area contributed by atoms with Crippen molar-refractivity contribution >= 4 is 17.4 Å². The number of rotatable bonds is 4. The lowest BCUT2D eigenvalue weighted by Crippen LogP contribution is -2.29. The number of hydrogen-bond donors (Lipinski definition) is 1. The first-order valence-corrected chi connectivity index (χ1v) is 10.2. The van der Waals surface area contributed by atoms with E-state index in [-0.39, 0.29) is 24.0 Å². The minimum atomic E-state index is -0.807. The summed E-state index contributed by atoms with van der Waals surface area (Å²) in [7, 11) is 0. The molecule has 2 atom stereocenters. The van der Waals surface area contributed by atoms with Gasteiger partial charge < -0.3 is 19.2 Å². The van der Waals surface area contributed by atoms with Gasteiger partial charge in [0.25, 0.3) is 11.7 Å². The highest BCUT2D eigenvalue weighted by Crippen LogP contribution is 2.41. The SMILES string of the molecule is C[C@H]1Cc2cc(/C(O)=C3\C(=O)C(=O)N(Cc4ccccc4)[C@@H]3c3ccco3)ccc2O1.